The van der Waals surface area contributed by atoms with E-state index in [-0.39, 0.29) is 30.4 Å². The molecule has 1 fully saturated rings. The molecule has 6 nitrogen and oxygen atoms in total. The molecule has 8 heteroatoms. The van der Waals surface area contributed by atoms with Crippen molar-refractivity contribution in [1.29, 1.82) is 0 Å². The largest absolute Gasteiger partial charge is 0.338 e. The van der Waals surface area contributed by atoms with Crippen molar-refractivity contribution in [3.63, 3.8) is 0 Å². The highest BCUT2D eigenvalue weighted by molar-refractivity contribution is 7.18. The van der Waals surface area contributed by atoms with Gasteiger partial charge in [-0.25, -0.2) is 4.79 Å². The highest BCUT2D eigenvalue weighted by atomic mass is 35.5. The van der Waals surface area contributed by atoms with Gasteiger partial charge in [0.25, 0.3) is 5.91 Å². The molecule has 0 saturated carbocycles. The Labute approximate surface area is 169 Å². The number of thiophene rings is 1. The minimum Gasteiger partial charge on any atom is -0.338 e. The van der Waals surface area contributed by atoms with E-state index in [0.29, 0.717) is 15.8 Å². The summed E-state index contributed by atoms with van der Waals surface area (Å²) in [5.41, 5.74) is 6.67. The maximum atomic E-state index is 12.6. The number of nitrogens with one attached hydrogen (secondary N) is 2. The van der Waals surface area contributed by atoms with Gasteiger partial charge < -0.3 is 16.0 Å². The van der Waals surface area contributed by atoms with Gasteiger partial charge >= 0.3 is 6.03 Å². The van der Waals surface area contributed by atoms with Crippen molar-refractivity contribution in [3.05, 3.63) is 47.3 Å². The standard InChI is InChI=1S/C19H24N4O2S.ClH/c1-13(20)14-9-11-23(12-10-14)18(24)16-7-8-17(26-16)22-19(25)21-15-5-3-2-4-6-15;/h2-8,13-14H,9-12,20H2,1H3,(H2,21,22,25);1H. The SMILES string of the molecule is CC(N)C1CCN(C(=O)c2ccc(NC(=O)Nc3ccccc3)s2)CC1.Cl. The van der Waals surface area contributed by atoms with Crippen LogP contribution in [0.2, 0.25) is 0 Å². The Balaban J connectivity index is 0.00000261. The van der Waals surface area contributed by atoms with Gasteiger partial charge in [0.2, 0.25) is 0 Å². The molecule has 146 valence electrons. The van der Waals surface area contributed by atoms with Crippen molar-refractivity contribution in [1.82, 2.24) is 4.90 Å². The number of carbonyl (C=O) groups is 2. The number of benzene rings is 1. The second-order valence-electron chi connectivity index (χ2n) is 6.60. The van der Waals surface area contributed by atoms with Gasteiger partial charge in [-0.3, -0.25) is 10.1 Å². The number of likely N-dealkylation sites (tertiary alicyclic amines) is 1. The van der Waals surface area contributed by atoms with Crippen molar-refractivity contribution in [2.75, 3.05) is 23.7 Å². The lowest BCUT2D eigenvalue weighted by atomic mass is 9.91. The van der Waals surface area contributed by atoms with E-state index >= 15 is 0 Å². The number of rotatable bonds is 4. The Bertz CT molecular complexity index is 758. The van der Waals surface area contributed by atoms with Crippen LogP contribution in [0.1, 0.15) is 29.4 Å². The summed E-state index contributed by atoms with van der Waals surface area (Å²) in [4.78, 5) is 27.2. The third-order valence-electron chi connectivity index (χ3n) is 4.66. The molecule has 1 unspecified atom stereocenters. The summed E-state index contributed by atoms with van der Waals surface area (Å²) in [6.07, 6.45) is 1.89. The van der Waals surface area contributed by atoms with Crippen molar-refractivity contribution < 1.29 is 9.59 Å². The molecule has 0 spiro atoms. The molecule has 4 N–H and O–H groups in total. The summed E-state index contributed by atoms with van der Waals surface area (Å²) in [6, 6.07) is 12.6. The van der Waals surface area contributed by atoms with Crippen LogP contribution in [0, 0.1) is 5.92 Å². The van der Waals surface area contributed by atoms with Gasteiger partial charge in [-0.2, -0.15) is 0 Å². The summed E-state index contributed by atoms with van der Waals surface area (Å²) in [5.74, 6) is 0.510. The van der Waals surface area contributed by atoms with E-state index < -0.39 is 0 Å². The Morgan fingerprint density at radius 2 is 1.78 bits per heavy atom. The van der Waals surface area contributed by atoms with Gasteiger partial charge in [0.05, 0.1) is 9.88 Å². The molecule has 0 aliphatic carbocycles. The normalized spacial score (nSPS) is 15.6. The molecule has 2 aromatic rings. The fraction of sp³-hybridized carbons (Fsp3) is 0.368. The number of piperidine rings is 1. The number of carbonyl (C=O) groups excluding carboxylic acids is 2. The fourth-order valence-corrected chi connectivity index (χ4v) is 3.97. The van der Waals surface area contributed by atoms with E-state index in [1.807, 2.05) is 42.2 Å². The second kappa shape index (κ2) is 9.73. The molecule has 2 heterocycles. The predicted octanol–water partition coefficient (Wildman–Crippen LogP) is 4.01. The van der Waals surface area contributed by atoms with Crippen molar-refractivity contribution in [3.8, 4) is 0 Å². The fourth-order valence-electron chi connectivity index (χ4n) is 3.10. The van der Waals surface area contributed by atoms with Crippen LogP contribution in [0.3, 0.4) is 0 Å². The molecular formula is C19H25ClN4O2S. The van der Waals surface area contributed by atoms with Crippen LogP contribution in [-0.2, 0) is 0 Å². The van der Waals surface area contributed by atoms with E-state index in [9.17, 15) is 9.59 Å². The monoisotopic (exact) mass is 408 g/mol. The average molecular weight is 409 g/mol. The molecule has 1 aliphatic heterocycles. The van der Waals surface area contributed by atoms with Crippen LogP contribution in [0.4, 0.5) is 15.5 Å². The maximum absolute atomic E-state index is 12.6. The van der Waals surface area contributed by atoms with Crippen LogP contribution in [0.25, 0.3) is 0 Å². The summed E-state index contributed by atoms with van der Waals surface area (Å²) >= 11 is 1.29. The first-order valence-corrected chi connectivity index (χ1v) is 9.62. The first-order valence-electron chi connectivity index (χ1n) is 8.80. The van der Waals surface area contributed by atoms with Crippen LogP contribution >= 0.6 is 23.7 Å². The Morgan fingerprint density at radius 3 is 2.41 bits per heavy atom. The minimum atomic E-state index is -0.324. The van der Waals surface area contributed by atoms with Gasteiger partial charge in [0, 0.05) is 24.8 Å². The zero-order valence-electron chi connectivity index (χ0n) is 15.2. The molecule has 1 saturated heterocycles. The average Bonchev–Trinajstić information content (AvgIpc) is 3.10. The summed E-state index contributed by atoms with van der Waals surface area (Å²) in [7, 11) is 0. The summed E-state index contributed by atoms with van der Waals surface area (Å²) in [5, 5.41) is 6.17. The molecule has 27 heavy (non-hydrogen) atoms. The van der Waals surface area contributed by atoms with Crippen LogP contribution in [-0.4, -0.2) is 36.0 Å². The zero-order valence-corrected chi connectivity index (χ0v) is 16.8. The lowest BCUT2D eigenvalue weighted by Gasteiger charge is -2.33. The highest BCUT2D eigenvalue weighted by Crippen LogP contribution is 2.26. The quantitative estimate of drug-likeness (QED) is 0.714. The van der Waals surface area contributed by atoms with E-state index in [2.05, 4.69) is 10.6 Å². The van der Waals surface area contributed by atoms with E-state index in [4.69, 9.17) is 5.73 Å². The van der Waals surface area contributed by atoms with Crippen LogP contribution in [0.5, 0.6) is 0 Å². The van der Waals surface area contributed by atoms with Crippen molar-refractivity contribution in [2.24, 2.45) is 11.7 Å². The number of amides is 3. The van der Waals surface area contributed by atoms with Gasteiger partial charge in [-0.05, 0) is 49.9 Å². The Morgan fingerprint density at radius 1 is 1.11 bits per heavy atom. The predicted molar refractivity (Wildman–Crippen MR) is 113 cm³/mol. The second-order valence-corrected chi connectivity index (χ2v) is 7.68. The van der Waals surface area contributed by atoms with Gasteiger partial charge in [0.1, 0.15) is 0 Å². The summed E-state index contributed by atoms with van der Waals surface area (Å²) < 4.78 is 0. The lowest BCUT2D eigenvalue weighted by Crippen LogP contribution is -2.42. The van der Waals surface area contributed by atoms with E-state index in [1.165, 1.54) is 11.3 Å². The van der Waals surface area contributed by atoms with Gasteiger partial charge in [0.15, 0.2) is 0 Å². The molecule has 1 aromatic heterocycles. The molecule has 3 amide bonds. The van der Waals surface area contributed by atoms with Gasteiger partial charge in [-0.15, -0.1) is 23.7 Å². The third kappa shape index (κ3) is 5.69. The van der Waals surface area contributed by atoms with Crippen LogP contribution in [0.15, 0.2) is 42.5 Å². The number of hydrogen-bond acceptors (Lipinski definition) is 4. The molecule has 0 bridgehead atoms. The Hall–Kier alpha value is -2.09. The number of nitrogens with zero attached hydrogens (tertiary/aromatic N) is 1. The first-order chi connectivity index (χ1) is 12.5. The number of halogens is 1. The topological polar surface area (TPSA) is 87.5 Å². The van der Waals surface area contributed by atoms with Crippen molar-refractivity contribution >= 4 is 46.4 Å². The number of urea groups is 1. The zero-order chi connectivity index (χ0) is 18.5. The number of nitrogens with two attached hydrogens (primary N) is 1. The van der Waals surface area contributed by atoms with Crippen LogP contribution < -0.4 is 16.4 Å². The molecule has 1 aromatic carbocycles. The molecule has 1 aliphatic rings. The van der Waals surface area contributed by atoms with E-state index in [1.54, 1.807) is 12.1 Å². The molecule has 3 rings (SSSR count). The highest BCUT2D eigenvalue weighted by Gasteiger charge is 2.26. The van der Waals surface area contributed by atoms with Gasteiger partial charge in [-0.1, -0.05) is 18.2 Å². The first kappa shape index (κ1) is 21.2. The summed E-state index contributed by atoms with van der Waals surface area (Å²) in [6.45, 7) is 3.50. The number of anilines is 2. The molecule has 1 atom stereocenters. The maximum Gasteiger partial charge on any atom is 0.324 e. The van der Waals surface area contributed by atoms with E-state index in [0.717, 1.165) is 31.6 Å². The van der Waals surface area contributed by atoms with Crippen molar-refractivity contribution in [2.45, 2.75) is 25.8 Å². The molecule has 0 radical (unpaired) electrons. The molecular weight excluding hydrogens is 384 g/mol. The Kier molecular flexibility index (Phi) is 7.65. The number of hydrogen-bond donors (Lipinski definition) is 3. The smallest absolute Gasteiger partial charge is 0.324 e. The lowest BCUT2D eigenvalue weighted by molar-refractivity contribution is 0.0686. The minimum absolute atomic E-state index is 0. The third-order valence-corrected chi connectivity index (χ3v) is 5.64. The number of para-hydroxylation sites is 1.